The Morgan fingerprint density at radius 1 is 0.500 bits per heavy atom. The molecule has 9 rings (SSSR count). The maximum Gasteiger partial charge on any atom is 0.135 e. The number of anilines is 3. The van der Waals surface area contributed by atoms with Gasteiger partial charge in [-0.05, 0) is 46.3 Å². The highest BCUT2D eigenvalue weighted by atomic mass is 16.5. The molecular formula is C44H31NO. The molecule has 0 spiro atoms. The molecule has 0 saturated heterocycles. The van der Waals surface area contributed by atoms with Crippen molar-refractivity contribution in [2.24, 2.45) is 0 Å². The van der Waals surface area contributed by atoms with E-state index >= 15 is 0 Å². The first-order valence-corrected chi connectivity index (χ1v) is 15.9. The smallest absolute Gasteiger partial charge is 0.135 e. The fourth-order valence-corrected chi connectivity index (χ4v) is 7.34. The van der Waals surface area contributed by atoms with E-state index in [-0.39, 0.29) is 12.0 Å². The fraction of sp³-hybridized carbons (Fsp3) is 0.0455. The van der Waals surface area contributed by atoms with Gasteiger partial charge in [-0.15, -0.1) is 0 Å². The van der Waals surface area contributed by atoms with E-state index in [1.165, 1.54) is 38.6 Å². The average molecular weight is 590 g/mol. The summed E-state index contributed by atoms with van der Waals surface area (Å²) in [5, 5.41) is 4.73. The second-order valence-corrected chi connectivity index (χ2v) is 12.0. The summed E-state index contributed by atoms with van der Waals surface area (Å²) in [6.45, 7) is 0. The van der Waals surface area contributed by atoms with E-state index in [0.29, 0.717) is 0 Å². The Bertz CT molecular complexity index is 2290. The lowest BCUT2D eigenvalue weighted by Gasteiger charge is -2.29. The molecule has 0 N–H and O–H groups in total. The Hall–Kier alpha value is -5.86. The summed E-state index contributed by atoms with van der Waals surface area (Å²) >= 11 is 0. The van der Waals surface area contributed by atoms with Crippen molar-refractivity contribution < 1.29 is 4.74 Å². The monoisotopic (exact) mass is 589 g/mol. The van der Waals surface area contributed by atoms with Crippen LogP contribution in [0.15, 0.2) is 176 Å². The number of allylic oxidation sites excluding steroid dienone is 2. The van der Waals surface area contributed by atoms with Crippen LogP contribution in [0.4, 0.5) is 17.1 Å². The van der Waals surface area contributed by atoms with Gasteiger partial charge in [0, 0.05) is 38.9 Å². The summed E-state index contributed by atoms with van der Waals surface area (Å²) in [5.74, 6) is 1.11. The molecule has 2 heteroatoms. The topological polar surface area (TPSA) is 12.5 Å². The van der Waals surface area contributed by atoms with Crippen LogP contribution in [0, 0.1) is 0 Å². The Morgan fingerprint density at radius 2 is 1.09 bits per heavy atom. The molecule has 0 radical (unpaired) electrons. The molecule has 0 aromatic heterocycles. The van der Waals surface area contributed by atoms with Crippen LogP contribution in [0.2, 0.25) is 0 Å². The van der Waals surface area contributed by atoms with E-state index in [4.69, 9.17) is 4.74 Å². The van der Waals surface area contributed by atoms with Gasteiger partial charge < -0.3 is 9.64 Å². The molecule has 0 saturated carbocycles. The minimum absolute atomic E-state index is 0.0720. The Morgan fingerprint density at radius 3 is 1.80 bits per heavy atom. The second kappa shape index (κ2) is 10.9. The van der Waals surface area contributed by atoms with Crippen LogP contribution in [0.5, 0.6) is 5.75 Å². The molecule has 0 bridgehead atoms. The molecule has 2 nitrogen and oxygen atoms in total. The Kier molecular flexibility index (Phi) is 6.31. The standard InChI is InChI=1S/C44H31NO/c1-4-15-30(16-5-1)33-27-28-41(36-22-11-10-21-35(33)36)45(32-19-8-3-9-20-32)42-29-40-39-26-14-25-34(31-17-6-2-7-18-31)43(39)46-44(40)38-24-13-12-23-37(38)42/h1-29,39,43H. The molecule has 2 atom stereocenters. The lowest BCUT2D eigenvalue weighted by atomic mass is 9.83. The first-order valence-electron chi connectivity index (χ1n) is 15.9. The maximum absolute atomic E-state index is 6.93. The summed E-state index contributed by atoms with van der Waals surface area (Å²) in [7, 11) is 0. The number of rotatable bonds is 5. The van der Waals surface area contributed by atoms with Crippen LogP contribution in [-0.4, -0.2) is 6.10 Å². The van der Waals surface area contributed by atoms with Crippen molar-refractivity contribution in [3.8, 4) is 16.9 Å². The van der Waals surface area contributed by atoms with Gasteiger partial charge in [-0.25, -0.2) is 0 Å². The normalized spacial score (nSPS) is 16.5. The van der Waals surface area contributed by atoms with Gasteiger partial charge in [-0.2, -0.15) is 0 Å². The van der Waals surface area contributed by atoms with Gasteiger partial charge in [0.05, 0.1) is 11.4 Å². The zero-order valence-electron chi connectivity index (χ0n) is 25.3. The highest BCUT2D eigenvalue weighted by Gasteiger charge is 2.39. The first kappa shape index (κ1) is 26.5. The summed E-state index contributed by atoms with van der Waals surface area (Å²) in [4.78, 5) is 2.44. The van der Waals surface area contributed by atoms with E-state index < -0.39 is 0 Å². The maximum atomic E-state index is 6.93. The number of benzene rings is 7. The molecule has 218 valence electrons. The number of para-hydroxylation sites is 1. The molecule has 46 heavy (non-hydrogen) atoms. The van der Waals surface area contributed by atoms with Crippen molar-refractivity contribution in [1.29, 1.82) is 0 Å². The van der Waals surface area contributed by atoms with Crippen LogP contribution in [0.3, 0.4) is 0 Å². The fourth-order valence-electron chi connectivity index (χ4n) is 7.34. The molecule has 7 aromatic rings. The van der Waals surface area contributed by atoms with Crippen LogP contribution in [-0.2, 0) is 0 Å². The Labute approximate surface area is 269 Å². The number of hydrogen-bond donors (Lipinski definition) is 0. The van der Waals surface area contributed by atoms with Gasteiger partial charge in [0.2, 0.25) is 0 Å². The highest BCUT2D eigenvalue weighted by molar-refractivity contribution is 6.10. The molecule has 2 aliphatic rings. The third kappa shape index (κ3) is 4.26. The molecule has 0 fully saturated rings. The van der Waals surface area contributed by atoms with Crippen LogP contribution in [0.1, 0.15) is 17.0 Å². The van der Waals surface area contributed by atoms with Gasteiger partial charge >= 0.3 is 0 Å². The van der Waals surface area contributed by atoms with E-state index in [2.05, 4.69) is 181 Å². The van der Waals surface area contributed by atoms with Crippen molar-refractivity contribution >= 4 is 44.2 Å². The number of nitrogens with zero attached hydrogens (tertiary/aromatic N) is 1. The predicted molar refractivity (Wildman–Crippen MR) is 192 cm³/mol. The summed E-state index contributed by atoms with van der Waals surface area (Å²) in [6.07, 6.45) is 6.64. The molecule has 7 aromatic carbocycles. The van der Waals surface area contributed by atoms with Crippen molar-refractivity contribution in [3.63, 3.8) is 0 Å². The third-order valence-electron chi connectivity index (χ3n) is 9.42. The molecule has 1 aliphatic carbocycles. The van der Waals surface area contributed by atoms with Crippen molar-refractivity contribution in [2.45, 2.75) is 12.0 Å². The van der Waals surface area contributed by atoms with E-state index in [1.54, 1.807) is 0 Å². The van der Waals surface area contributed by atoms with Gasteiger partial charge in [0.25, 0.3) is 0 Å². The number of fused-ring (bicyclic) bond motifs is 6. The second-order valence-electron chi connectivity index (χ2n) is 12.0. The van der Waals surface area contributed by atoms with Gasteiger partial charge in [-0.3, -0.25) is 0 Å². The quantitative estimate of drug-likeness (QED) is 0.198. The third-order valence-corrected chi connectivity index (χ3v) is 9.42. The van der Waals surface area contributed by atoms with Crippen LogP contribution in [0.25, 0.3) is 38.2 Å². The van der Waals surface area contributed by atoms with Gasteiger partial charge in [0.1, 0.15) is 11.9 Å². The number of hydrogen-bond acceptors (Lipinski definition) is 2. The largest absolute Gasteiger partial charge is 0.484 e. The van der Waals surface area contributed by atoms with Crippen LogP contribution >= 0.6 is 0 Å². The lowest BCUT2D eigenvalue weighted by molar-refractivity contribution is 0.281. The zero-order valence-corrected chi connectivity index (χ0v) is 25.3. The van der Waals surface area contributed by atoms with E-state index in [1.807, 2.05) is 0 Å². The SMILES string of the molecule is C1=CC2c3cc(N(c4ccccc4)c4ccc(-c5ccccc5)c5ccccc45)c4ccccc4c3OC2C(c2ccccc2)=C1. The van der Waals surface area contributed by atoms with Crippen molar-refractivity contribution in [3.05, 3.63) is 187 Å². The summed E-state index contributed by atoms with van der Waals surface area (Å²) in [5.41, 5.74) is 9.50. The summed E-state index contributed by atoms with van der Waals surface area (Å²) < 4.78 is 6.93. The lowest BCUT2D eigenvalue weighted by Crippen LogP contribution is -2.21. The molecule has 1 aliphatic heterocycles. The molecule has 0 amide bonds. The zero-order chi connectivity index (χ0) is 30.5. The predicted octanol–water partition coefficient (Wildman–Crippen LogP) is 11.6. The number of ether oxygens (including phenoxy) is 1. The summed E-state index contributed by atoms with van der Waals surface area (Å²) in [6, 6.07) is 56.5. The first-order chi connectivity index (χ1) is 22.8. The molecular weight excluding hydrogens is 558 g/mol. The molecule has 1 heterocycles. The highest BCUT2D eigenvalue weighted by Crippen LogP contribution is 2.53. The van der Waals surface area contributed by atoms with Crippen LogP contribution < -0.4 is 9.64 Å². The molecule has 2 unspecified atom stereocenters. The minimum atomic E-state index is -0.0720. The minimum Gasteiger partial charge on any atom is -0.484 e. The van der Waals surface area contributed by atoms with E-state index in [9.17, 15) is 0 Å². The van der Waals surface area contributed by atoms with E-state index in [0.717, 1.165) is 33.6 Å². The van der Waals surface area contributed by atoms with Gasteiger partial charge in [0.15, 0.2) is 0 Å². The van der Waals surface area contributed by atoms with Crippen molar-refractivity contribution in [1.82, 2.24) is 0 Å². The average Bonchev–Trinajstić information content (AvgIpc) is 3.52. The van der Waals surface area contributed by atoms with Crippen molar-refractivity contribution in [2.75, 3.05) is 4.90 Å². The van der Waals surface area contributed by atoms with Gasteiger partial charge in [-0.1, -0.05) is 152 Å². The Balaban J connectivity index is 1.28.